The number of ether oxygens (including phenoxy) is 1. The Morgan fingerprint density at radius 2 is 1.78 bits per heavy atom. The van der Waals surface area contributed by atoms with E-state index in [1.807, 2.05) is 6.07 Å². The van der Waals surface area contributed by atoms with Crippen molar-refractivity contribution in [1.29, 1.82) is 0 Å². The van der Waals surface area contributed by atoms with Crippen molar-refractivity contribution in [2.75, 3.05) is 31.2 Å². The second kappa shape index (κ2) is 9.31. The maximum atomic E-state index is 12.9. The zero-order valence-corrected chi connectivity index (χ0v) is 18.7. The molecular weight excluding hydrogens is 475 g/mol. The zero-order chi connectivity index (χ0) is 25.3. The highest BCUT2D eigenvalue weighted by Crippen LogP contribution is 2.30. The lowest BCUT2D eigenvalue weighted by molar-refractivity contribution is -0.137. The largest absolute Gasteiger partial charge is 0.478 e. The minimum absolute atomic E-state index is 0.121. The van der Waals surface area contributed by atoms with E-state index in [1.165, 1.54) is 18.2 Å². The number of aromatic carboxylic acids is 1. The molecular formula is C25H18F3N5O3. The third-order valence-corrected chi connectivity index (χ3v) is 5.65. The number of aromatic nitrogens is 4. The molecule has 5 rings (SSSR count). The second-order valence-corrected chi connectivity index (χ2v) is 7.92. The van der Waals surface area contributed by atoms with Crippen LogP contribution in [-0.2, 0) is 10.9 Å². The monoisotopic (exact) mass is 493 g/mol. The molecule has 36 heavy (non-hydrogen) atoms. The molecule has 4 aromatic rings. The Morgan fingerprint density at radius 3 is 2.42 bits per heavy atom. The average Bonchev–Trinajstić information content (AvgIpc) is 3.26. The first kappa shape index (κ1) is 23.3. The fourth-order valence-corrected chi connectivity index (χ4v) is 3.86. The van der Waals surface area contributed by atoms with E-state index in [2.05, 4.69) is 26.8 Å². The highest BCUT2D eigenvalue weighted by atomic mass is 19.4. The van der Waals surface area contributed by atoms with Crippen LogP contribution in [0.1, 0.15) is 27.3 Å². The number of nitrogens with zero attached hydrogens (tertiary/aromatic N) is 5. The van der Waals surface area contributed by atoms with Gasteiger partial charge in [-0.05, 0) is 42.2 Å². The third-order valence-electron chi connectivity index (χ3n) is 5.65. The van der Waals surface area contributed by atoms with E-state index in [1.54, 1.807) is 22.8 Å². The Labute approximate surface area is 203 Å². The summed E-state index contributed by atoms with van der Waals surface area (Å²) in [6, 6.07) is 10.2. The summed E-state index contributed by atoms with van der Waals surface area (Å²) in [5.74, 6) is 4.64. The van der Waals surface area contributed by atoms with Gasteiger partial charge in [0.05, 0.1) is 36.2 Å². The SMILES string of the molecule is O=C(O)c1ccc(-c2c(C#Cc3ccc(C(F)(F)F)cn3)nc3c(N4CCOCC4)ccnn23)cc1. The summed E-state index contributed by atoms with van der Waals surface area (Å²) in [5.41, 5.74) is 2.26. The van der Waals surface area contributed by atoms with Crippen molar-refractivity contribution in [1.82, 2.24) is 19.6 Å². The second-order valence-electron chi connectivity index (χ2n) is 7.92. The van der Waals surface area contributed by atoms with Gasteiger partial charge in [-0.2, -0.15) is 18.3 Å². The number of anilines is 1. The van der Waals surface area contributed by atoms with Gasteiger partial charge < -0.3 is 14.7 Å². The van der Waals surface area contributed by atoms with Gasteiger partial charge in [-0.15, -0.1) is 0 Å². The van der Waals surface area contributed by atoms with Gasteiger partial charge in [-0.3, -0.25) is 0 Å². The molecule has 8 nitrogen and oxygen atoms in total. The van der Waals surface area contributed by atoms with E-state index in [4.69, 9.17) is 9.72 Å². The van der Waals surface area contributed by atoms with Crippen LogP contribution < -0.4 is 4.90 Å². The lowest BCUT2D eigenvalue weighted by Crippen LogP contribution is -2.36. The van der Waals surface area contributed by atoms with Crippen molar-refractivity contribution in [3.63, 3.8) is 0 Å². The van der Waals surface area contributed by atoms with E-state index < -0.39 is 17.7 Å². The van der Waals surface area contributed by atoms with Crippen LogP contribution in [0.25, 0.3) is 16.9 Å². The van der Waals surface area contributed by atoms with Crippen LogP contribution in [-0.4, -0.2) is 57.0 Å². The number of pyridine rings is 1. The van der Waals surface area contributed by atoms with Crippen molar-refractivity contribution in [3.05, 3.63) is 77.4 Å². The van der Waals surface area contributed by atoms with Gasteiger partial charge >= 0.3 is 12.1 Å². The highest BCUT2D eigenvalue weighted by Gasteiger charge is 2.30. The van der Waals surface area contributed by atoms with Gasteiger partial charge in [0, 0.05) is 24.8 Å². The molecule has 11 heteroatoms. The Morgan fingerprint density at radius 1 is 1.03 bits per heavy atom. The van der Waals surface area contributed by atoms with E-state index in [0.29, 0.717) is 48.9 Å². The molecule has 1 aliphatic rings. The van der Waals surface area contributed by atoms with Crippen LogP contribution in [0.3, 0.4) is 0 Å². The number of carbonyl (C=O) groups is 1. The Bertz CT molecular complexity index is 1480. The first-order chi connectivity index (χ1) is 17.3. The molecule has 0 unspecified atom stereocenters. The maximum absolute atomic E-state index is 12.9. The summed E-state index contributed by atoms with van der Waals surface area (Å²) in [4.78, 5) is 21.9. The number of imidazole rings is 1. The number of fused-ring (bicyclic) bond motifs is 1. The number of morpholine rings is 1. The third kappa shape index (κ3) is 4.58. The van der Waals surface area contributed by atoms with Crippen molar-refractivity contribution < 1.29 is 27.8 Å². The summed E-state index contributed by atoms with van der Waals surface area (Å²) >= 11 is 0. The van der Waals surface area contributed by atoms with E-state index in [0.717, 1.165) is 18.0 Å². The predicted octanol–water partition coefficient (Wildman–Crippen LogP) is 3.74. The Balaban J connectivity index is 1.63. The van der Waals surface area contributed by atoms with Gasteiger partial charge in [0.15, 0.2) is 5.65 Å². The fourth-order valence-electron chi connectivity index (χ4n) is 3.86. The van der Waals surface area contributed by atoms with E-state index in [9.17, 15) is 23.1 Å². The molecule has 182 valence electrons. The van der Waals surface area contributed by atoms with Crippen LogP contribution in [0.5, 0.6) is 0 Å². The average molecular weight is 493 g/mol. The van der Waals surface area contributed by atoms with Crippen molar-refractivity contribution in [2.24, 2.45) is 0 Å². The molecule has 0 bridgehead atoms. The van der Waals surface area contributed by atoms with E-state index in [-0.39, 0.29) is 11.3 Å². The first-order valence-corrected chi connectivity index (χ1v) is 10.9. The first-order valence-electron chi connectivity index (χ1n) is 10.9. The molecule has 1 saturated heterocycles. The van der Waals surface area contributed by atoms with Crippen molar-refractivity contribution in [3.8, 4) is 23.1 Å². The maximum Gasteiger partial charge on any atom is 0.417 e. The minimum Gasteiger partial charge on any atom is -0.478 e. The summed E-state index contributed by atoms with van der Waals surface area (Å²) in [7, 11) is 0. The fraction of sp³-hybridized carbons (Fsp3) is 0.200. The van der Waals surface area contributed by atoms with Crippen LogP contribution in [0.4, 0.5) is 18.9 Å². The molecule has 0 saturated carbocycles. The highest BCUT2D eigenvalue weighted by molar-refractivity contribution is 5.88. The number of hydrogen-bond acceptors (Lipinski definition) is 6. The molecule has 1 N–H and O–H groups in total. The van der Waals surface area contributed by atoms with Crippen molar-refractivity contribution in [2.45, 2.75) is 6.18 Å². The molecule has 4 heterocycles. The quantitative estimate of drug-likeness (QED) is 0.435. The Hall–Kier alpha value is -4.43. The van der Waals surface area contributed by atoms with Crippen LogP contribution in [0.15, 0.2) is 54.9 Å². The summed E-state index contributed by atoms with van der Waals surface area (Å²) in [5, 5.41) is 13.7. The predicted molar refractivity (Wildman–Crippen MR) is 124 cm³/mol. The number of benzene rings is 1. The molecule has 0 amide bonds. The smallest absolute Gasteiger partial charge is 0.417 e. The van der Waals surface area contributed by atoms with Gasteiger partial charge in [0.1, 0.15) is 17.1 Å². The van der Waals surface area contributed by atoms with Gasteiger partial charge in [-0.1, -0.05) is 12.1 Å². The van der Waals surface area contributed by atoms with Crippen molar-refractivity contribution >= 4 is 17.3 Å². The lowest BCUT2D eigenvalue weighted by atomic mass is 10.1. The number of rotatable bonds is 3. The molecule has 1 aliphatic heterocycles. The lowest BCUT2D eigenvalue weighted by Gasteiger charge is -2.28. The molecule has 1 aromatic carbocycles. The number of halogens is 3. The van der Waals surface area contributed by atoms with Crippen LogP contribution >= 0.6 is 0 Å². The van der Waals surface area contributed by atoms with Gasteiger partial charge in [-0.25, -0.2) is 19.3 Å². The minimum atomic E-state index is -4.49. The Kier molecular flexibility index (Phi) is 6.03. The normalized spacial score (nSPS) is 13.9. The van der Waals surface area contributed by atoms with Gasteiger partial charge in [0.25, 0.3) is 0 Å². The number of carboxylic acids is 1. The summed E-state index contributed by atoms with van der Waals surface area (Å²) in [6.45, 7) is 2.49. The number of carboxylic acid groups (broad SMARTS) is 1. The summed E-state index contributed by atoms with van der Waals surface area (Å²) in [6.07, 6.45) is -2.11. The molecule has 0 radical (unpaired) electrons. The standard InChI is InChI=1S/C25H18F3N5O3/c26-25(27,28)18-5-6-19(29-15-18)7-8-20-22(16-1-3-17(4-2-16)24(34)35)33-23(31-20)21(9-10-30-33)32-11-13-36-14-12-32/h1-6,9-10,15H,11-14H2,(H,34,35). The molecule has 0 spiro atoms. The van der Waals surface area contributed by atoms with Crippen LogP contribution in [0, 0.1) is 11.8 Å². The number of alkyl halides is 3. The zero-order valence-electron chi connectivity index (χ0n) is 18.7. The summed E-state index contributed by atoms with van der Waals surface area (Å²) < 4.78 is 45.6. The molecule has 0 aliphatic carbocycles. The molecule has 1 fully saturated rings. The molecule has 3 aromatic heterocycles. The molecule has 0 atom stereocenters. The van der Waals surface area contributed by atoms with Crippen LogP contribution in [0.2, 0.25) is 0 Å². The number of hydrogen-bond donors (Lipinski definition) is 1. The van der Waals surface area contributed by atoms with E-state index >= 15 is 0 Å². The van der Waals surface area contributed by atoms with Gasteiger partial charge in [0.2, 0.25) is 0 Å². The topological polar surface area (TPSA) is 92.8 Å².